The summed E-state index contributed by atoms with van der Waals surface area (Å²) in [6, 6.07) is 6.43. The average molecular weight is 333 g/mol. The molecule has 2 aromatic rings. The largest absolute Gasteiger partial charge is 0.496 e. The molecular formula is C17H23N3O2S. The van der Waals surface area contributed by atoms with Crippen molar-refractivity contribution in [2.24, 2.45) is 0 Å². The van der Waals surface area contributed by atoms with E-state index in [2.05, 4.69) is 53.5 Å². The lowest BCUT2D eigenvalue weighted by Gasteiger charge is -2.22. The lowest BCUT2D eigenvalue weighted by Crippen LogP contribution is -2.22. The van der Waals surface area contributed by atoms with E-state index >= 15 is 0 Å². The number of thioether (sulfide) groups is 1. The first-order chi connectivity index (χ1) is 11.1. The van der Waals surface area contributed by atoms with Crippen LogP contribution in [0, 0.1) is 0 Å². The Morgan fingerprint density at radius 1 is 1.43 bits per heavy atom. The molecule has 1 aliphatic rings. The van der Waals surface area contributed by atoms with Crippen LogP contribution in [0.3, 0.4) is 0 Å². The standard InChI is InChI=1S/C17H23N3O2S/c1-11(17-18-16(19-22-17)13-6-7-13)20(2)10-12-5-8-15(23-4)14(9-12)21-3/h5,8-9,11,13H,6-7,10H2,1-4H3/t11-/m0/s1. The summed E-state index contributed by atoms with van der Waals surface area (Å²) in [6.45, 7) is 2.89. The van der Waals surface area contributed by atoms with E-state index in [0.717, 1.165) is 23.0 Å². The van der Waals surface area contributed by atoms with Crippen molar-refractivity contribution in [2.75, 3.05) is 20.4 Å². The normalized spacial score (nSPS) is 15.9. The van der Waals surface area contributed by atoms with Gasteiger partial charge in [0.25, 0.3) is 0 Å². The topological polar surface area (TPSA) is 51.4 Å². The molecule has 0 N–H and O–H groups in total. The highest BCUT2D eigenvalue weighted by atomic mass is 32.2. The molecule has 0 saturated heterocycles. The van der Waals surface area contributed by atoms with Crippen LogP contribution < -0.4 is 4.74 Å². The monoisotopic (exact) mass is 333 g/mol. The summed E-state index contributed by atoms with van der Waals surface area (Å²) < 4.78 is 10.9. The Morgan fingerprint density at radius 2 is 2.22 bits per heavy atom. The number of hydrogen-bond acceptors (Lipinski definition) is 6. The van der Waals surface area contributed by atoms with Gasteiger partial charge in [0.15, 0.2) is 5.82 Å². The van der Waals surface area contributed by atoms with Gasteiger partial charge >= 0.3 is 0 Å². The molecule has 1 fully saturated rings. The second-order valence-electron chi connectivity index (χ2n) is 6.05. The van der Waals surface area contributed by atoms with E-state index in [1.165, 1.54) is 18.4 Å². The van der Waals surface area contributed by atoms with Crippen LogP contribution in [-0.2, 0) is 6.54 Å². The fourth-order valence-electron chi connectivity index (χ4n) is 2.52. The molecule has 1 aliphatic carbocycles. The highest BCUT2D eigenvalue weighted by Gasteiger charge is 2.30. The number of rotatable bonds is 7. The van der Waals surface area contributed by atoms with E-state index in [4.69, 9.17) is 9.26 Å². The molecule has 0 spiro atoms. The molecule has 3 rings (SSSR count). The molecule has 0 amide bonds. The van der Waals surface area contributed by atoms with Crippen LogP contribution in [0.1, 0.15) is 49.0 Å². The van der Waals surface area contributed by atoms with Gasteiger partial charge < -0.3 is 9.26 Å². The second kappa shape index (κ2) is 6.93. The lowest BCUT2D eigenvalue weighted by atomic mass is 10.2. The van der Waals surface area contributed by atoms with E-state index in [-0.39, 0.29) is 6.04 Å². The first-order valence-electron chi connectivity index (χ1n) is 7.87. The van der Waals surface area contributed by atoms with Crippen LogP contribution >= 0.6 is 11.8 Å². The van der Waals surface area contributed by atoms with Crippen molar-refractivity contribution in [1.29, 1.82) is 0 Å². The summed E-state index contributed by atoms with van der Waals surface area (Å²) in [7, 11) is 3.78. The minimum Gasteiger partial charge on any atom is -0.496 e. The van der Waals surface area contributed by atoms with Gasteiger partial charge in [0.05, 0.1) is 13.2 Å². The molecular weight excluding hydrogens is 310 g/mol. The minimum atomic E-state index is 0.0845. The SMILES string of the molecule is COc1cc(CN(C)[C@@H](C)c2nc(C3CC3)no2)ccc1SC. The van der Waals surface area contributed by atoms with Crippen LogP contribution in [0.2, 0.25) is 0 Å². The van der Waals surface area contributed by atoms with Crippen LogP contribution in [-0.4, -0.2) is 35.5 Å². The van der Waals surface area contributed by atoms with Gasteiger partial charge in [-0.1, -0.05) is 11.2 Å². The molecule has 0 bridgehead atoms. The molecule has 1 atom stereocenters. The van der Waals surface area contributed by atoms with Gasteiger partial charge in [0.1, 0.15) is 5.75 Å². The highest BCUT2D eigenvalue weighted by molar-refractivity contribution is 7.98. The lowest BCUT2D eigenvalue weighted by molar-refractivity contribution is 0.202. The summed E-state index contributed by atoms with van der Waals surface area (Å²) >= 11 is 1.69. The Morgan fingerprint density at radius 3 is 2.87 bits per heavy atom. The summed E-state index contributed by atoms with van der Waals surface area (Å²) in [5.41, 5.74) is 1.20. The van der Waals surface area contributed by atoms with Crippen molar-refractivity contribution in [3.05, 3.63) is 35.5 Å². The molecule has 1 heterocycles. The third-order valence-electron chi connectivity index (χ3n) is 4.30. The van der Waals surface area contributed by atoms with Gasteiger partial charge in [-0.15, -0.1) is 11.8 Å². The van der Waals surface area contributed by atoms with Crippen LogP contribution in [0.15, 0.2) is 27.6 Å². The second-order valence-corrected chi connectivity index (χ2v) is 6.89. The number of benzene rings is 1. The summed E-state index contributed by atoms with van der Waals surface area (Å²) in [5.74, 6) is 3.01. The summed E-state index contributed by atoms with van der Waals surface area (Å²) in [6.07, 6.45) is 4.42. The molecule has 1 saturated carbocycles. The van der Waals surface area contributed by atoms with Crippen molar-refractivity contribution in [3.63, 3.8) is 0 Å². The predicted molar refractivity (Wildman–Crippen MR) is 90.9 cm³/mol. The van der Waals surface area contributed by atoms with Crippen molar-refractivity contribution in [1.82, 2.24) is 15.0 Å². The summed E-state index contributed by atoms with van der Waals surface area (Å²) in [4.78, 5) is 7.91. The fourth-order valence-corrected chi connectivity index (χ4v) is 3.06. The molecule has 1 aromatic heterocycles. The maximum atomic E-state index is 5.46. The maximum absolute atomic E-state index is 5.46. The highest BCUT2D eigenvalue weighted by Crippen LogP contribution is 2.38. The predicted octanol–water partition coefficient (Wildman–Crippen LogP) is 3.87. The van der Waals surface area contributed by atoms with E-state index < -0.39 is 0 Å². The van der Waals surface area contributed by atoms with Crippen molar-refractivity contribution in [2.45, 2.75) is 43.2 Å². The fraction of sp³-hybridized carbons (Fsp3) is 0.529. The quantitative estimate of drug-likeness (QED) is 0.717. The molecule has 5 nitrogen and oxygen atoms in total. The van der Waals surface area contributed by atoms with Crippen molar-refractivity contribution >= 4 is 11.8 Å². The summed E-state index contributed by atoms with van der Waals surface area (Å²) in [5, 5.41) is 4.10. The molecule has 124 valence electrons. The molecule has 23 heavy (non-hydrogen) atoms. The van der Waals surface area contributed by atoms with Gasteiger partial charge in [0.2, 0.25) is 5.89 Å². The van der Waals surface area contributed by atoms with Crippen LogP contribution in [0.25, 0.3) is 0 Å². The van der Waals surface area contributed by atoms with E-state index in [9.17, 15) is 0 Å². The first kappa shape index (κ1) is 16.3. The Labute approximate surface area is 141 Å². The Hall–Kier alpha value is -1.53. The number of aromatic nitrogens is 2. The molecule has 0 aliphatic heterocycles. The van der Waals surface area contributed by atoms with E-state index in [1.54, 1.807) is 18.9 Å². The van der Waals surface area contributed by atoms with Crippen LogP contribution in [0.4, 0.5) is 0 Å². The Kier molecular flexibility index (Phi) is 4.92. The molecule has 1 aromatic carbocycles. The number of hydrogen-bond donors (Lipinski definition) is 0. The third kappa shape index (κ3) is 3.70. The number of methoxy groups -OCH3 is 1. The van der Waals surface area contributed by atoms with Gasteiger partial charge in [-0.05, 0) is 50.8 Å². The smallest absolute Gasteiger partial charge is 0.243 e. The Balaban J connectivity index is 1.68. The van der Waals surface area contributed by atoms with Gasteiger partial charge in [-0.25, -0.2) is 0 Å². The first-order valence-corrected chi connectivity index (χ1v) is 9.09. The third-order valence-corrected chi connectivity index (χ3v) is 5.08. The van der Waals surface area contributed by atoms with Gasteiger partial charge in [0, 0.05) is 17.4 Å². The molecule has 0 unspecified atom stereocenters. The van der Waals surface area contributed by atoms with E-state index in [1.807, 2.05) is 0 Å². The molecule has 0 radical (unpaired) electrons. The maximum Gasteiger partial charge on any atom is 0.243 e. The zero-order valence-electron chi connectivity index (χ0n) is 14.1. The zero-order chi connectivity index (χ0) is 16.4. The number of nitrogens with zero attached hydrogens (tertiary/aromatic N) is 3. The zero-order valence-corrected chi connectivity index (χ0v) is 14.9. The van der Waals surface area contributed by atoms with Gasteiger partial charge in [-0.3, -0.25) is 4.90 Å². The van der Waals surface area contributed by atoms with E-state index in [0.29, 0.717) is 11.8 Å². The Bertz CT molecular complexity index is 670. The average Bonchev–Trinajstić information content (AvgIpc) is 3.31. The minimum absolute atomic E-state index is 0.0845. The van der Waals surface area contributed by atoms with Crippen LogP contribution in [0.5, 0.6) is 5.75 Å². The molecule has 6 heteroatoms. The van der Waals surface area contributed by atoms with Crippen molar-refractivity contribution < 1.29 is 9.26 Å². The van der Waals surface area contributed by atoms with Gasteiger partial charge in [-0.2, -0.15) is 4.98 Å². The van der Waals surface area contributed by atoms with Crippen molar-refractivity contribution in [3.8, 4) is 5.75 Å². The number of ether oxygens (including phenoxy) is 1.